The molecular formula is C16H18N4O2S. The Morgan fingerprint density at radius 2 is 2.35 bits per heavy atom. The quantitative estimate of drug-likeness (QED) is 0.867. The Hall–Kier alpha value is -1.86. The van der Waals surface area contributed by atoms with Gasteiger partial charge in [-0.2, -0.15) is 0 Å². The SMILES string of the molecule is CN1CCC2NC(=O)N(c3nc4c5c(ccc4s3)OCC5)C2C1. The lowest BCUT2D eigenvalue weighted by molar-refractivity contribution is 0.233. The van der Waals surface area contributed by atoms with Crippen molar-refractivity contribution in [3.8, 4) is 5.75 Å². The van der Waals surface area contributed by atoms with Crippen molar-refractivity contribution in [2.45, 2.75) is 24.9 Å². The Balaban J connectivity index is 1.58. The minimum absolute atomic E-state index is 0.0118. The molecular weight excluding hydrogens is 312 g/mol. The van der Waals surface area contributed by atoms with Crippen molar-refractivity contribution >= 4 is 32.7 Å². The molecule has 3 aliphatic rings. The lowest BCUT2D eigenvalue weighted by Gasteiger charge is -2.34. The van der Waals surface area contributed by atoms with Gasteiger partial charge in [-0.3, -0.25) is 4.90 Å². The van der Waals surface area contributed by atoms with Crippen molar-refractivity contribution in [2.24, 2.45) is 0 Å². The number of urea groups is 1. The number of amides is 2. The first-order valence-corrected chi connectivity index (χ1v) is 8.86. The highest BCUT2D eigenvalue weighted by Gasteiger charge is 2.44. The van der Waals surface area contributed by atoms with Gasteiger partial charge in [0.15, 0.2) is 5.13 Å². The Kier molecular flexibility index (Phi) is 2.84. The number of ether oxygens (including phenoxy) is 1. The van der Waals surface area contributed by atoms with E-state index in [0.29, 0.717) is 0 Å². The normalized spacial score (nSPS) is 27.0. The largest absolute Gasteiger partial charge is 0.493 e. The van der Waals surface area contributed by atoms with Crippen LogP contribution in [0.5, 0.6) is 5.75 Å². The highest BCUT2D eigenvalue weighted by molar-refractivity contribution is 7.22. The lowest BCUT2D eigenvalue weighted by atomic mass is 10.0. The fourth-order valence-corrected chi connectivity index (χ4v) is 4.94. The average Bonchev–Trinajstić information content (AvgIpc) is 3.20. The summed E-state index contributed by atoms with van der Waals surface area (Å²) in [6.45, 7) is 2.64. The maximum Gasteiger partial charge on any atom is 0.324 e. The zero-order chi connectivity index (χ0) is 15.6. The van der Waals surface area contributed by atoms with E-state index in [0.717, 1.165) is 53.6 Å². The number of piperidine rings is 1. The summed E-state index contributed by atoms with van der Waals surface area (Å²) in [5.41, 5.74) is 2.18. The molecule has 2 saturated heterocycles. The van der Waals surface area contributed by atoms with Crippen LogP contribution in [-0.4, -0.2) is 54.7 Å². The molecule has 5 rings (SSSR count). The van der Waals surface area contributed by atoms with E-state index < -0.39 is 0 Å². The summed E-state index contributed by atoms with van der Waals surface area (Å²) in [5.74, 6) is 0.940. The van der Waals surface area contributed by atoms with Crippen LogP contribution in [0.3, 0.4) is 0 Å². The first-order valence-electron chi connectivity index (χ1n) is 8.04. The van der Waals surface area contributed by atoms with E-state index in [9.17, 15) is 4.79 Å². The van der Waals surface area contributed by atoms with Gasteiger partial charge in [-0.05, 0) is 32.1 Å². The molecule has 4 heterocycles. The standard InChI is InChI=1S/C16H18N4O2S/c1-19-6-4-10-11(8-19)20(15(21)17-10)16-18-14-9-5-7-22-12(9)2-3-13(14)23-16/h2-3,10-11H,4-8H2,1H3,(H,17,21). The van der Waals surface area contributed by atoms with E-state index in [1.807, 2.05) is 11.0 Å². The van der Waals surface area contributed by atoms with Gasteiger partial charge in [0.05, 0.1) is 28.9 Å². The lowest BCUT2D eigenvalue weighted by Crippen LogP contribution is -2.50. The van der Waals surface area contributed by atoms with Crippen LogP contribution >= 0.6 is 11.3 Å². The molecule has 1 aromatic carbocycles. The first kappa shape index (κ1) is 13.6. The van der Waals surface area contributed by atoms with E-state index in [-0.39, 0.29) is 18.1 Å². The van der Waals surface area contributed by atoms with E-state index in [4.69, 9.17) is 9.72 Å². The van der Waals surface area contributed by atoms with Crippen molar-refractivity contribution in [2.75, 3.05) is 31.6 Å². The zero-order valence-electron chi connectivity index (χ0n) is 12.9. The van der Waals surface area contributed by atoms with Gasteiger partial charge >= 0.3 is 6.03 Å². The van der Waals surface area contributed by atoms with Crippen LogP contribution in [0.4, 0.5) is 9.93 Å². The van der Waals surface area contributed by atoms with Crippen LogP contribution in [0.2, 0.25) is 0 Å². The van der Waals surface area contributed by atoms with Crippen molar-refractivity contribution in [3.05, 3.63) is 17.7 Å². The van der Waals surface area contributed by atoms with E-state index in [1.54, 1.807) is 11.3 Å². The van der Waals surface area contributed by atoms with Gasteiger partial charge in [0.2, 0.25) is 0 Å². The van der Waals surface area contributed by atoms with Crippen LogP contribution in [0, 0.1) is 0 Å². The van der Waals surface area contributed by atoms with Gasteiger partial charge in [-0.15, -0.1) is 0 Å². The van der Waals surface area contributed by atoms with Gasteiger partial charge in [0.25, 0.3) is 0 Å². The summed E-state index contributed by atoms with van der Waals surface area (Å²) < 4.78 is 6.76. The van der Waals surface area contributed by atoms with Crippen LogP contribution < -0.4 is 15.0 Å². The highest BCUT2D eigenvalue weighted by Crippen LogP contribution is 2.39. The molecule has 2 fully saturated rings. The molecule has 0 bridgehead atoms. The molecule has 0 saturated carbocycles. The molecule has 2 unspecified atom stereocenters. The molecule has 3 aliphatic heterocycles. The number of rotatable bonds is 1. The summed E-state index contributed by atoms with van der Waals surface area (Å²) >= 11 is 1.60. The van der Waals surface area contributed by atoms with Gasteiger partial charge < -0.3 is 15.0 Å². The molecule has 1 N–H and O–H groups in total. The Morgan fingerprint density at radius 3 is 3.26 bits per heavy atom. The number of carbonyl (C=O) groups is 1. The smallest absolute Gasteiger partial charge is 0.324 e. The van der Waals surface area contributed by atoms with Crippen molar-refractivity contribution in [1.29, 1.82) is 0 Å². The van der Waals surface area contributed by atoms with Crippen LogP contribution in [0.25, 0.3) is 10.2 Å². The monoisotopic (exact) mass is 330 g/mol. The number of benzene rings is 1. The molecule has 0 spiro atoms. The topological polar surface area (TPSA) is 57.7 Å². The second kappa shape index (κ2) is 4.82. The number of likely N-dealkylation sites (tertiary alicyclic amines) is 1. The summed E-state index contributed by atoms with van der Waals surface area (Å²) in [6, 6.07) is 4.47. The third-order valence-corrected chi connectivity index (χ3v) is 6.09. The predicted molar refractivity (Wildman–Crippen MR) is 89.5 cm³/mol. The molecule has 2 aromatic rings. The molecule has 23 heavy (non-hydrogen) atoms. The number of aromatic nitrogens is 1. The summed E-state index contributed by atoms with van der Waals surface area (Å²) in [6.07, 6.45) is 1.90. The van der Waals surface area contributed by atoms with Gasteiger partial charge in [0.1, 0.15) is 5.75 Å². The number of carbonyl (C=O) groups excluding carboxylic acids is 1. The maximum atomic E-state index is 12.5. The highest BCUT2D eigenvalue weighted by atomic mass is 32.1. The number of nitrogens with zero attached hydrogens (tertiary/aromatic N) is 3. The zero-order valence-corrected chi connectivity index (χ0v) is 13.7. The minimum atomic E-state index is -0.0118. The number of thiazole rings is 1. The Morgan fingerprint density at radius 1 is 1.43 bits per heavy atom. The minimum Gasteiger partial charge on any atom is -0.493 e. The van der Waals surface area contributed by atoms with Crippen molar-refractivity contribution < 1.29 is 9.53 Å². The van der Waals surface area contributed by atoms with Crippen LogP contribution in [-0.2, 0) is 6.42 Å². The number of hydrogen-bond acceptors (Lipinski definition) is 5. The molecule has 2 amide bonds. The molecule has 6 nitrogen and oxygen atoms in total. The summed E-state index contributed by atoms with van der Waals surface area (Å²) in [7, 11) is 2.11. The van der Waals surface area contributed by atoms with Gasteiger partial charge in [0, 0.05) is 18.5 Å². The number of hydrogen-bond donors (Lipinski definition) is 1. The van der Waals surface area contributed by atoms with Crippen molar-refractivity contribution in [1.82, 2.24) is 15.2 Å². The fourth-order valence-electron chi connectivity index (χ4n) is 3.89. The number of nitrogens with one attached hydrogen (secondary N) is 1. The molecule has 1 aromatic heterocycles. The van der Waals surface area contributed by atoms with Crippen LogP contribution in [0.15, 0.2) is 12.1 Å². The Labute approximate surface area is 138 Å². The number of fused-ring (bicyclic) bond motifs is 4. The predicted octanol–water partition coefficient (Wildman–Crippen LogP) is 1.83. The number of likely N-dealkylation sites (N-methyl/N-ethyl adjacent to an activating group) is 1. The maximum absolute atomic E-state index is 12.5. The Bertz CT molecular complexity index is 805. The van der Waals surface area contributed by atoms with E-state index in [2.05, 4.69) is 23.3 Å². The summed E-state index contributed by atoms with van der Waals surface area (Å²) in [4.78, 5) is 21.5. The third-order valence-electron chi connectivity index (χ3n) is 5.07. The first-order chi connectivity index (χ1) is 11.2. The van der Waals surface area contributed by atoms with Gasteiger partial charge in [-0.1, -0.05) is 11.3 Å². The second-order valence-corrected chi connectivity index (χ2v) is 7.54. The average molecular weight is 330 g/mol. The van der Waals surface area contributed by atoms with E-state index >= 15 is 0 Å². The molecule has 7 heteroatoms. The molecule has 2 atom stereocenters. The molecule has 120 valence electrons. The van der Waals surface area contributed by atoms with Crippen LogP contribution in [0.1, 0.15) is 12.0 Å². The summed E-state index contributed by atoms with van der Waals surface area (Å²) in [5, 5.41) is 3.93. The molecule has 0 radical (unpaired) electrons. The van der Waals surface area contributed by atoms with Crippen molar-refractivity contribution in [3.63, 3.8) is 0 Å². The molecule has 0 aliphatic carbocycles. The van der Waals surface area contributed by atoms with Gasteiger partial charge in [-0.25, -0.2) is 9.78 Å². The fraction of sp³-hybridized carbons (Fsp3) is 0.500. The second-order valence-electron chi connectivity index (χ2n) is 6.53. The number of anilines is 1. The third kappa shape index (κ3) is 1.96. The van der Waals surface area contributed by atoms with E-state index in [1.165, 1.54) is 5.56 Å².